The smallest absolute Gasteiger partial charge is 0.452 e. The van der Waals surface area contributed by atoms with E-state index in [-0.39, 0.29) is 68.8 Å². The van der Waals surface area contributed by atoms with Crippen molar-refractivity contribution in [3.8, 4) is 0 Å². The molecule has 4 fully saturated rings. The van der Waals surface area contributed by atoms with Crippen LogP contribution < -0.4 is 0 Å². The summed E-state index contributed by atoms with van der Waals surface area (Å²) in [7, 11) is -4.44. The molecule has 2 amide bonds. The van der Waals surface area contributed by atoms with Crippen LogP contribution in [0.4, 0.5) is 0 Å². The summed E-state index contributed by atoms with van der Waals surface area (Å²) < 4.78 is 86.3. The summed E-state index contributed by atoms with van der Waals surface area (Å²) in [5.74, 6) is -3.83. The van der Waals surface area contributed by atoms with Crippen molar-refractivity contribution in [2.24, 2.45) is 5.41 Å². The second-order valence-corrected chi connectivity index (χ2v) is 24.8. The SMILES string of the molecule is CC1(C)COP(=O)(O[C@H]2[C@H](OC[C@H]3O[C@@H](Sc4ccccc4)[C@H](N4C(=O)c5c(Cl)c(Cl)c(Cl)c(Cl)c5C4=O)[C@@H](OC(=O)c4ccccc4)[C@@H]3OC(=O)c3ccccc3)O[C@@H]3COC(c4ccccc4)O[C@@H]3[C@@H]2OCc2ccccc2)OC1. The first-order chi connectivity index (χ1) is 39.6. The van der Waals surface area contributed by atoms with Crippen molar-refractivity contribution in [2.45, 2.75) is 92.1 Å². The van der Waals surface area contributed by atoms with Gasteiger partial charge in [0.1, 0.15) is 42.0 Å². The van der Waals surface area contributed by atoms with Gasteiger partial charge >= 0.3 is 19.8 Å². The Kier molecular flexibility index (Phi) is 18.0. The van der Waals surface area contributed by atoms with E-state index in [1.807, 2.05) is 74.5 Å². The van der Waals surface area contributed by atoms with Crippen molar-refractivity contribution in [2.75, 3.05) is 26.4 Å². The maximum Gasteiger partial charge on any atom is 0.475 e. The molecule has 6 aromatic carbocycles. The van der Waals surface area contributed by atoms with Gasteiger partial charge in [-0.2, -0.15) is 0 Å². The Hall–Kier alpha value is -5.22. The summed E-state index contributed by atoms with van der Waals surface area (Å²) in [5, 5.41) is -1.28. The van der Waals surface area contributed by atoms with Crippen molar-refractivity contribution in [1.82, 2.24) is 4.90 Å². The van der Waals surface area contributed by atoms with E-state index in [9.17, 15) is 14.2 Å². The minimum absolute atomic E-state index is 0.00604. The molecule has 6 aromatic rings. The largest absolute Gasteiger partial charge is 0.475 e. The van der Waals surface area contributed by atoms with Crippen molar-refractivity contribution in [1.29, 1.82) is 0 Å². The van der Waals surface area contributed by atoms with E-state index in [1.165, 1.54) is 24.3 Å². The summed E-state index contributed by atoms with van der Waals surface area (Å²) >= 11 is 27.5. The average molecular weight is 1240 g/mol. The van der Waals surface area contributed by atoms with Gasteiger partial charge in [0.15, 0.2) is 24.8 Å². The molecule has 0 radical (unpaired) electrons. The van der Waals surface area contributed by atoms with E-state index in [0.29, 0.717) is 10.5 Å². The number of amides is 2. The number of phosphoric ester groups is 1. The fourth-order valence-electron chi connectivity index (χ4n) is 9.99. The van der Waals surface area contributed by atoms with Crippen LogP contribution in [0.25, 0.3) is 0 Å². The van der Waals surface area contributed by atoms with Crippen LogP contribution in [0.3, 0.4) is 0 Å². The Morgan fingerprint density at radius 2 is 1.16 bits per heavy atom. The minimum atomic E-state index is -4.44. The van der Waals surface area contributed by atoms with Gasteiger partial charge in [-0.05, 0) is 42.0 Å². The van der Waals surface area contributed by atoms with Crippen LogP contribution in [0.1, 0.15) is 72.7 Å². The highest BCUT2D eigenvalue weighted by Gasteiger charge is 2.60. The van der Waals surface area contributed by atoms with Crippen molar-refractivity contribution in [3.05, 3.63) is 205 Å². The maximum atomic E-state index is 15.1. The number of hydrogen-bond donors (Lipinski definition) is 0. The highest BCUT2D eigenvalue weighted by molar-refractivity contribution is 7.99. The monoisotopic (exact) mass is 1230 g/mol. The molecule has 5 heterocycles. The Morgan fingerprint density at radius 3 is 1.73 bits per heavy atom. The molecule has 0 N–H and O–H groups in total. The summed E-state index contributed by atoms with van der Waals surface area (Å²) in [6.07, 6.45) is -11.9. The second kappa shape index (κ2) is 25.2. The third-order valence-electron chi connectivity index (χ3n) is 14.1. The van der Waals surface area contributed by atoms with Crippen LogP contribution >= 0.6 is 66.0 Å². The van der Waals surface area contributed by atoms with Crippen LogP contribution in [-0.2, 0) is 62.6 Å². The molecule has 82 heavy (non-hydrogen) atoms. The molecule has 0 aromatic heterocycles. The van der Waals surface area contributed by atoms with E-state index in [0.717, 1.165) is 22.2 Å². The fourth-order valence-corrected chi connectivity index (χ4v) is 13.9. The van der Waals surface area contributed by atoms with E-state index in [1.54, 1.807) is 66.7 Å². The lowest BCUT2D eigenvalue weighted by molar-refractivity contribution is -0.368. The number of phosphoric acid groups is 1. The number of hydrogen-bond acceptors (Lipinski definition) is 17. The normalized spacial score (nSPS) is 27.5. The number of thioether (sulfide) groups is 1. The van der Waals surface area contributed by atoms with E-state index in [2.05, 4.69) is 0 Å². The molecule has 11 atom stereocenters. The molecule has 4 saturated heterocycles. The molecule has 0 spiro atoms. The molecular weight excluding hydrogens is 1180 g/mol. The molecular formula is C59H52Cl4NO16PS. The van der Waals surface area contributed by atoms with Gasteiger partial charge in [-0.25, -0.2) is 14.2 Å². The van der Waals surface area contributed by atoms with Crippen molar-refractivity contribution < 1.29 is 75.2 Å². The fraction of sp³-hybridized carbons (Fsp3) is 0.322. The number of fused-ring (bicyclic) bond motifs is 2. The summed E-state index contributed by atoms with van der Waals surface area (Å²) in [6, 6.07) is 41.7. The number of halogens is 4. The lowest BCUT2D eigenvalue weighted by Gasteiger charge is -2.50. The standard InChI is InChI=1S/C59H52Cl4NO16PS/c1-59(2)31-73-81(69,74-32-59)80-51-50(70-28-33-18-8-3-9-19-33)48-38(29-71-56(79-48)36-24-14-6-15-25-36)75-57(51)72-30-39-47(77-54(67)34-20-10-4-11-21-34)49(78-55(68)35-22-12-5-13-23-35)46(58(76-39)82-37-26-16-7-17-27-37)64-52(65)40-41(53(64)66)43(61)45(63)44(62)42(40)60/h3-27,38-39,46-51,56-58H,28-32H2,1-2H3/t38-,39-,46-,47-,48+,49-,50+,51-,56?,57-,58+/m1/s1. The number of carbonyl (C=O) groups excluding carboxylic acids is 4. The molecule has 428 valence electrons. The van der Waals surface area contributed by atoms with E-state index < -0.39 is 110 Å². The Labute approximate surface area is 496 Å². The van der Waals surface area contributed by atoms with Crippen LogP contribution in [0, 0.1) is 5.41 Å². The third-order valence-corrected chi connectivity index (χ3v) is 18.4. The lowest BCUT2D eigenvalue weighted by Crippen LogP contribution is -2.67. The maximum absolute atomic E-state index is 15.1. The van der Waals surface area contributed by atoms with Gasteiger partial charge in [-0.3, -0.25) is 28.1 Å². The lowest BCUT2D eigenvalue weighted by atomic mass is 9.95. The van der Waals surface area contributed by atoms with Gasteiger partial charge in [0.25, 0.3) is 11.8 Å². The highest BCUT2D eigenvalue weighted by Crippen LogP contribution is 2.57. The summed E-state index contributed by atoms with van der Waals surface area (Å²) in [6.45, 7) is 3.17. The first-order valence-electron chi connectivity index (χ1n) is 26.0. The molecule has 0 saturated carbocycles. The molecule has 11 rings (SSSR count). The van der Waals surface area contributed by atoms with Gasteiger partial charge in [0.05, 0.1) is 75.4 Å². The zero-order chi connectivity index (χ0) is 57.3. The van der Waals surface area contributed by atoms with Gasteiger partial charge < -0.3 is 37.9 Å². The third kappa shape index (κ3) is 12.5. The number of benzene rings is 6. The first kappa shape index (κ1) is 58.5. The molecule has 17 nitrogen and oxygen atoms in total. The van der Waals surface area contributed by atoms with Crippen molar-refractivity contribution in [3.63, 3.8) is 0 Å². The topological polar surface area (TPSA) is 190 Å². The number of rotatable bonds is 16. The minimum Gasteiger partial charge on any atom is -0.452 e. The van der Waals surface area contributed by atoms with Crippen LogP contribution in [-0.4, -0.2) is 116 Å². The molecule has 0 aliphatic carbocycles. The molecule has 0 bridgehead atoms. The number of carbonyl (C=O) groups is 4. The van der Waals surface area contributed by atoms with Crippen LogP contribution in [0.2, 0.25) is 20.1 Å². The highest BCUT2D eigenvalue weighted by atomic mass is 35.5. The predicted octanol–water partition coefficient (Wildman–Crippen LogP) is 12.2. The van der Waals surface area contributed by atoms with Crippen LogP contribution in [0.15, 0.2) is 157 Å². The number of imide groups is 1. The Balaban J connectivity index is 1.02. The predicted molar refractivity (Wildman–Crippen MR) is 301 cm³/mol. The van der Waals surface area contributed by atoms with Crippen LogP contribution in [0.5, 0.6) is 0 Å². The molecule has 5 aliphatic rings. The quantitative estimate of drug-likeness (QED) is 0.0292. The molecule has 5 aliphatic heterocycles. The Morgan fingerprint density at radius 1 is 0.634 bits per heavy atom. The van der Waals surface area contributed by atoms with Crippen molar-refractivity contribution >= 4 is 89.7 Å². The second-order valence-electron chi connectivity index (χ2n) is 20.5. The first-order valence-corrected chi connectivity index (χ1v) is 29.9. The number of nitrogens with zero attached hydrogens (tertiary/aromatic N) is 1. The van der Waals surface area contributed by atoms with E-state index in [4.69, 9.17) is 97.9 Å². The zero-order valence-electron chi connectivity index (χ0n) is 43.7. The van der Waals surface area contributed by atoms with Gasteiger partial charge in [-0.1, -0.05) is 187 Å². The molecule has 23 heteroatoms. The Bertz CT molecular complexity index is 3280. The summed E-state index contributed by atoms with van der Waals surface area (Å²) in [4.78, 5) is 60.8. The number of esters is 2. The van der Waals surface area contributed by atoms with Gasteiger partial charge in [-0.15, -0.1) is 0 Å². The zero-order valence-corrected chi connectivity index (χ0v) is 48.4. The average Bonchev–Trinajstić information content (AvgIpc) is 3.92. The summed E-state index contributed by atoms with van der Waals surface area (Å²) in [5.41, 5.74) is -1.01. The molecule has 1 unspecified atom stereocenters. The van der Waals surface area contributed by atoms with E-state index >= 15 is 9.59 Å². The number of ether oxygens (including phenoxy) is 8. The van der Waals surface area contributed by atoms with Gasteiger partial charge in [0.2, 0.25) is 0 Å². The van der Waals surface area contributed by atoms with Gasteiger partial charge in [0, 0.05) is 15.9 Å².